The van der Waals surface area contributed by atoms with Crippen LogP contribution in [0.1, 0.15) is 56.0 Å². The summed E-state index contributed by atoms with van der Waals surface area (Å²) in [7, 11) is 1.65. The second-order valence-electron chi connectivity index (χ2n) is 6.12. The summed E-state index contributed by atoms with van der Waals surface area (Å²) < 4.78 is 16.4. The van der Waals surface area contributed by atoms with E-state index < -0.39 is 5.54 Å². The van der Waals surface area contributed by atoms with Crippen LogP contribution in [0.15, 0.2) is 28.8 Å². The molecule has 6 heteroatoms. The third-order valence-corrected chi connectivity index (χ3v) is 4.36. The summed E-state index contributed by atoms with van der Waals surface area (Å²) >= 11 is 0. The fourth-order valence-corrected chi connectivity index (χ4v) is 2.89. The first-order chi connectivity index (χ1) is 11.1. The third kappa shape index (κ3) is 3.54. The van der Waals surface area contributed by atoms with Crippen molar-refractivity contribution in [3.8, 4) is 5.75 Å². The summed E-state index contributed by atoms with van der Waals surface area (Å²) in [5.74, 6) is 1.88. The van der Waals surface area contributed by atoms with Crippen LogP contribution in [0.2, 0.25) is 0 Å². The number of nitrogens with zero attached hydrogens (tertiary/aromatic N) is 2. The summed E-state index contributed by atoms with van der Waals surface area (Å²) in [6, 6.07) is 7.77. The van der Waals surface area contributed by atoms with Gasteiger partial charge >= 0.3 is 0 Å². The maximum Gasteiger partial charge on any atom is 0.255 e. The van der Waals surface area contributed by atoms with E-state index in [2.05, 4.69) is 10.1 Å². The molecular weight excluding hydrogens is 294 g/mol. The molecule has 23 heavy (non-hydrogen) atoms. The molecule has 0 spiro atoms. The second-order valence-corrected chi connectivity index (χ2v) is 6.12. The molecule has 0 bridgehead atoms. The number of ether oxygens (including phenoxy) is 2. The molecule has 0 amide bonds. The molecule has 6 nitrogen and oxygen atoms in total. The SMILES string of the molecule is COc1cccc(COC(C)c2nc(C3(N)CCCC3)no2)c1. The maximum absolute atomic E-state index is 6.35. The van der Waals surface area contributed by atoms with Gasteiger partial charge in [-0.15, -0.1) is 0 Å². The first kappa shape index (κ1) is 16.0. The van der Waals surface area contributed by atoms with Gasteiger partial charge in [-0.25, -0.2) is 0 Å². The van der Waals surface area contributed by atoms with Crippen LogP contribution < -0.4 is 10.5 Å². The van der Waals surface area contributed by atoms with Gasteiger partial charge in [0.15, 0.2) is 5.82 Å². The molecule has 1 heterocycles. The number of hydrogen-bond donors (Lipinski definition) is 1. The molecule has 2 N–H and O–H groups in total. The smallest absolute Gasteiger partial charge is 0.255 e. The predicted molar refractivity (Wildman–Crippen MR) is 84.8 cm³/mol. The molecule has 1 aromatic carbocycles. The first-order valence-electron chi connectivity index (χ1n) is 7.98. The molecule has 0 aliphatic heterocycles. The fourth-order valence-electron chi connectivity index (χ4n) is 2.89. The highest BCUT2D eigenvalue weighted by Gasteiger charge is 2.36. The topological polar surface area (TPSA) is 83.4 Å². The quantitative estimate of drug-likeness (QED) is 0.881. The van der Waals surface area contributed by atoms with Crippen molar-refractivity contribution in [1.29, 1.82) is 0 Å². The molecule has 0 radical (unpaired) electrons. The lowest BCUT2D eigenvalue weighted by atomic mass is 9.99. The van der Waals surface area contributed by atoms with E-state index in [0.717, 1.165) is 37.0 Å². The lowest BCUT2D eigenvalue weighted by Crippen LogP contribution is -2.34. The summed E-state index contributed by atoms with van der Waals surface area (Å²) in [4.78, 5) is 4.46. The van der Waals surface area contributed by atoms with Crippen molar-refractivity contribution in [2.45, 2.75) is 50.9 Å². The lowest BCUT2D eigenvalue weighted by molar-refractivity contribution is 0.0307. The average Bonchev–Trinajstić information content (AvgIpc) is 3.23. The van der Waals surface area contributed by atoms with E-state index in [1.54, 1.807) is 7.11 Å². The van der Waals surface area contributed by atoms with Crippen molar-refractivity contribution in [2.24, 2.45) is 5.73 Å². The van der Waals surface area contributed by atoms with E-state index in [0.29, 0.717) is 18.3 Å². The van der Waals surface area contributed by atoms with Gasteiger partial charge in [0.1, 0.15) is 11.9 Å². The molecule has 1 atom stereocenters. The molecule has 3 rings (SSSR count). The van der Waals surface area contributed by atoms with E-state index in [4.69, 9.17) is 19.7 Å². The Morgan fingerprint density at radius 3 is 2.87 bits per heavy atom. The van der Waals surface area contributed by atoms with Crippen LogP contribution in [-0.4, -0.2) is 17.3 Å². The molecule has 1 aliphatic rings. The van der Waals surface area contributed by atoms with Gasteiger partial charge in [-0.2, -0.15) is 4.98 Å². The minimum Gasteiger partial charge on any atom is -0.497 e. The Labute approximate surface area is 136 Å². The van der Waals surface area contributed by atoms with Gasteiger partial charge < -0.3 is 19.7 Å². The minimum atomic E-state index is -0.436. The van der Waals surface area contributed by atoms with Gasteiger partial charge in [0, 0.05) is 0 Å². The van der Waals surface area contributed by atoms with Crippen molar-refractivity contribution in [1.82, 2.24) is 10.1 Å². The highest BCUT2D eigenvalue weighted by Crippen LogP contribution is 2.35. The lowest BCUT2D eigenvalue weighted by Gasteiger charge is -2.17. The van der Waals surface area contributed by atoms with E-state index >= 15 is 0 Å². The van der Waals surface area contributed by atoms with Crippen molar-refractivity contribution >= 4 is 0 Å². The highest BCUT2D eigenvalue weighted by atomic mass is 16.5. The molecule has 124 valence electrons. The van der Waals surface area contributed by atoms with E-state index in [1.807, 2.05) is 31.2 Å². The molecule has 1 unspecified atom stereocenters. The van der Waals surface area contributed by atoms with Crippen LogP contribution >= 0.6 is 0 Å². The summed E-state index contributed by atoms with van der Waals surface area (Å²) in [5.41, 5.74) is 6.94. The Bertz CT molecular complexity index is 650. The second kappa shape index (κ2) is 6.68. The van der Waals surface area contributed by atoms with Gasteiger partial charge in [-0.3, -0.25) is 0 Å². The summed E-state index contributed by atoms with van der Waals surface area (Å²) in [5, 5.41) is 4.06. The average molecular weight is 317 g/mol. The van der Waals surface area contributed by atoms with E-state index in [1.165, 1.54) is 0 Å². The number of rotatable bonds is 6. The molecular formula is C17H23N3O3. The van der Waals surface area contributed by atoms with Gasteiger partial charge in [0.2, 0.25) is 0 Å². The predicted octanol–water partition coefficient (Wildman–Crippen LogP) is 3.08. The number of nitrogens with two attached hydrogens (primary N) is 1. The largest absolute Gasteiger partial charge is 0.497 e. The molecule has 1 aromatic heterocycles. The van der Waals surface area contributed by atoms with Crippen LogP contribution in [0.3, 0.4) is 0 Å². The molecule has 0 saturated heterocycles. The maximum atomic E-state index is 6.35. The monoisotopic (exact) mass is 317 g/mol. The first-order valence-corrected chi connectivity index (χ1v) is 7.98. The van der Waals surface area contributed by atoms with Crippen molar-refractivity contribution in [3.05, 3.63) is 41.5 Å². The normalized spacial score (nSPS) is 18.0. The number of hydrogen-bond acceptors (Lipinski definition) is 6. The summed E-state index contributed by atoms with van der Waals surface area (Å²) in [6.07, 6.45) is 3.76. The Kier molecular flexibility index (Phi) is 4.63. The van der Waals surface area contributed by atoms with Crippen molar-refractivity contribution in [2.75, 3.05) is 7.11 Å². The zero-order chi connectivity index (χ0) is 16.3. The van der Waals surface area contributed by atoms with Crippen LogP contribution in [-0.2, 0) is 16.9 Å². The number of benzene rings is 1. The Morgan fingerprint density at radius 1 is 1.35 bits per heavy atom. The third-order valence-electron chi connectivity index (χ3n) is 4.36. The zero-order valence-corrected chi connectivity index (χ0v) is 13.6. The van der Waals surface area contributed by atoms with E-state index in [-0.39, 0.29) is 6.10 Å². The van der Waals surface area contributed by atoms with Crippen molar-refractivity contribution < 1.29 is 14.0 Å². The van der Waals surface area contributed by atoms with Crippen LogP contribution in [0.25, 0.3) is 0 Å². The molecule has 1 saturated carbocycles. The number of methoxy groups -OCH3 is 1. The Hall–Kier alpha value is -1.92. The van der Waals surface area contributed by atoms with Gasteiger partial charge in [-0.05, 0) is 37.5 Å². The molecule has 1 aliphatic carbocycles. The summed E-state index contributed by atoms with van der Waals surface area (Å²) in [6.45, 7) is 2.35. The zero-order valence-electron chi connectivity index (χ0n) is 13.6. The van der Waals surface area contributed by atoms with Gasteiger partial charge in [0.05, 0.1) is 19.3 Å². The van der Waals surface area contributed by atoms with E-state index in [9.17, 15) is 0 Å². The van der Waals surface area contributed by atoms with Crippen molar-refractivity contribution in [3.63, 3.8) is 0 Å². The molecule has 1 fully saturated rings. The van der Waals surface area contributed by atoms with Crippen LogP contribution in [0.5, 0.6) is 5.75 Å². The highest BCUT2D eigenvalue weighted by molar-refractivity contribution is 5.27. The van der Waals surface area contributed by atoms with Crippen LogP contribution in [0.4, 0.5) is 0 Å². The Balaban J connectivity index is 1.62. The minimum absolute atomic E-state index is 0.285. The standard InChI is InChI=1S/C17H23N3O3/c1-12(22-11-13-6-5-7-14(10-13)21-2)15-19-16(20-23-15)17(18)8-3-4-9-17/h5-7,10,12H,3-4,8-9,11,18H2,1-2H3. The fraction of sp³-hybridized carbons (Fsp3) is 0.529. The van der Waals surface area contributed by atoms with Gasteiger partial charge in [0.25, 0.3) is 5.89 Å². The van der Waals surface area contributed by atoms with Gasteiger partial charge in [-0.1, -0.05) is 30.1 Å². The molecule has 2 aromatic rings. The van der Waals surface area contributed by atoms with Crippen LogP contribution in [0, 0.1) is 0 Å². The number of aromatic nitrogens is 2. The Morgan fingerprint density at radius 2 is 2.13 bits per heavy atom.